The third-order valence-corrected chi connectivity index (χ3v) is 3.19. The predicted octanol–water partition coefficient (Wildman–Crippen LogP) is 3.30. The summed E-state index contributed by atoms with van der Waals surface area (Å²) >= 11 is 0. The largest absolute Gasteiger partial charge is 0.439 e. The summed E-state index contributed by atoms with van der Waals surface area (Å²) in [5, 5.41) is 3.48. The number of hydrogen-bond donors (Lipinski definition) is 1. The minimum Gasteiger partial charge on any atom is -0.439 e. The maximum absolute atomic E-state index is 5.87. The van der Waals surface area contributed by atoms with Crippen molar-refractivity contribution in [3.63, 3.8) is 0 Å². The van der Waals surface area contributed by atoms with Gasteiger partial charge in [0.1, 0.15) is 5.75 Å². The van der Waals surface area contributed by atoms with Gasteiger partial charge in [-0.15, -0.1) is 0 Å². The first-order valence-electron chi connectivity index (χ1n) is 6.35. The molecular formula is C15H16N2O. The summed E-state index contributed by atoms with van der Waals surface area (Å²) in [5.41, 5.74) is 1.15. The van der Waals surface area contributed by atoms with Crippen molar-refractivity contribution in [3.8, 4) is 11.6 Å². The van der Waals surface area contributed by atoms with Gasteiger partial charge in [0.2, 0.25) is 5.88 Å². The van der Waals surface area contributed by atoms with E-state index in [1.807, 2.05) is 36.4 Å². The molecule has 2 heterocycles. The summed E-state index contributed by atoms with van der Waals surface area (Å²) in [7, 11) is 0. The maximum atomic E-state index is 5.87. The molecule has 0 bridgehead atoms. The summed E-state index contributed by atoms with van der Waals surface area (Å²) in [5.74, 6) is 1.54. The van der Waals surface area contributed by atoms with Gasteiger partial charge in [0, 0.05) is 17.8 Å². The number of hydrogen-bond acceptors (Lipinski definition) is 3. The zero-order chi connectivity index (χ0) is 12.2. The van der Waals surface area contributed by atoms with Crippen molar-refractivity contribution in [2.75, 3.05) is 6.54 Å². The number of nitrogens with one attached hydrogen (secondary N) is 1. The van der Waals surface area contributed by atoms with Gasteiger partial charge < -0.3 is 10.1 Å². The molecule has 1 aromatic carbocycles. The van der Waals surface area contributed by atoms with E-state index in [9.17, 15) is 0 Å². The number of ether oxygens (including phenoxy) is 1. The van der Waals surface area contributed by atoms with E-state index in [4.69, 9.17) is 4.74 Å². The minimum absolute atomic E-state index is 0.373. The highest BCUT2D eigenvalue weighted by Crippen LogP contribution is 2.31. The first kappa shape index (κ1) is 11.2. The summed E-state index contributed by atoms with van der Waals surface area (Å²) < 4.78 is 5.87. The predicted molar refractivity (Wildman–Crippen MR) is 70.7 cm³/mol. The van der Waals surface area contributed by atoms with Crippen LogP contribution in [0.4, 0.5) is 0 Å². The van der Waals surface area contributed by atoms with Crippen molar-refractivity contribution in [1.29, 1.82) is 0 Å². The molecule has 18 heavy (non-hydrogen) atoms. The number of pyridine rings is 1. The van der Waals surface area contributed by atoms with Gasteiger partial charge >= 0.3 is 0 Å². The lowest BCUT2D eigenvalue weighted by Gasteiger charge is -2.14. The van der Waals surface area contributed by atoms with Gasteiger partial charge in [-0.25, -0.2) is 4.98 Å². The van der Waals surface area contributed by atoms with Crippen LogP contribution >= 0.6 is 0 Å². The second kappa shape index (κ2) is 5.19. The van der Waals surface area contributed by atoms with E-state index in [1.54, 1.807) is 6.20 Å². The van der Waals surface area contributed by atoms with Crippen molar-refractivity contribution in [3.05, 3.63) is 54.2 Å². The molecule has 0 unspecified atom stereocenters. The number of aromatic nitrogens is 1. The molecule has 2 aromatic rings. The molecule has 1 atom stereocenters. The Bertz CT molecular complexity index is 507. The Morgan fingerprint density at radius 3 is 2.78 bits per heavy atom. The van der Waals surface area contributed by atoms with Crippen LogP contribution in [0, 0.1) is 0 Å². The lowest BCUT2D eigenvalue weighted by atomic mass is 10.1. The summed E-state index contributed by atoms with van der Waals surface area (Å²) in [6.45, 7) is 1.07. The normalized spacial score (nSPS) is 18.8. The van der Waals surface area contributed by atoms with Gasteiger partial charge in [-0.3, -0.25) is 0 Å². The Morgan fingerprint density at radius 1 is 1.11 bits per heavy atom. The summed E-state index contributed by atoms with van der Waals surface area (Å²) in [4.78, 5) is 4.36. The van der Waals surface area contributed by atoms with E-state index in [2.05, 4.69) is 16.4 Å². The average molecular weight is 240 g/mol. The van der Waals surface area contributed by atoms with Crippen LogP contribution in [0.1, 0.15) is 24.4 Å². The van der Waals surface area contributed by atoms with E-state index >= 15 is 0 Å². The number of nitrogens with zero attached hydrogens (tertiary/aromatic N) is 1. The van der Waals surface area contributed by atoms with Crippen LogP contribution in [0.25, 0.3) is 0 Å². The zero-order valence-electron chi connectivity index (χ0n) is 10.2. The van der Waals surface area contributed by atoms with Crippen molar-refractivity contribution < 1.29 is 4.74 Å². The minimum atomic E-state index is 0.373. The molecule has 0 aliphatic carbocycles. The van der Waals surface area contributed by atoms with Gasteiger partial charge in [-0.05, 0) is 37.6 Å². The maximum Gasteiger partial charge on any atom is 0.223 e. The molecule has 1 fully saturated rings. The Hall–Kier alpha value is -1.87. The van der Waals surface area contributed by atoms with Crippen molar-refractivity contribution in [1.82, 2.24) is 10.3 Å². The van der Waals surface area contributed by atoms with Gasteiger partial charge in [0.15, 0.2) is 0 Å². The third kappa shape index (κ3) is 2.36. The highest BCUT2D eigenvalue weighted by molar-refractivity contribution is 5.34. The standard InChI is InChI=1S/C15H16N2O/c1-2-6-12(7-3-1)18-15-13(8-4-11-17-15)14-9-5-10-16-14/h1-4,6-8,11,14,16H,5,9-10H2/t14-/m1/s1. The lowest BCUT2D eigenvalue weighted by Crippen LogP contribution is -2.14. The topological polar surface area (TPSA) is 34.1 Å². The van der Waals surface area contributed by atoms with E-state index in [1.165, 1.54) is 6.42 Å². The van der Waals surface area contributed by atoms with E-state index < -0.39 is 0 Å². The molecule has 0 amide bonds. The van der Waals surface area contributed by atoms with E-state index in [0.29, 0.717) is 11.9 Å². The highest BCUT2D eigenvalue weighted by Gasteiger charge is 2.20. The lowest BCUT2D eigenvalue weighted by molar-refractivity contribution is 0.446. The molecule has 3 rings (SSSR count). The molecular weight excluding hydrogens is 224 g/mol. The smallest absolute Gasteiger partial charge is 0.223 e. The van der Waals surface area contributed by atoms with Crippen molar-refractivity contribution >= 4 is 0 Å². The molecule has 92 valence electrons. The van der Waals surface area contributed by atoms with Gasteiger partial charge in [0.25, 0.3) is 0 Å². The monoisotopic (exact) mass is 240 g/mol. The van der Waals surface area contributed by atoms with Crippen LogP contribution in [0.3, 0.4) is 0 Å². The zero-order valence-corrected chi connectivity index (χ0v) is 10.2. The van der Waals surface area contributed by atoms with Crippen LogP contribution < -0.4 is 10.1 Å². The fourth-order valence-corrected chi connectivity index (χ4v) is 2.30. The number of benzene rings is 1. The van der Waals surface area contributed by atoms with E-state index in [-0.39, 0.29) is 0 Å². The average Bonchev–Trinajstić information content (AvgIpc) is 2.94. The van der Waals surface area contributed by atoms with Gasteiger partial charge in [-0.1, -0.05) is 24.3 Å². The molecule has 3 nitrogen and oxygen atoms in total. The van der Waals surface area contributed by atoms with Crippen LogP contribution in [0.15, 0.2) is 48.7 Å². The Balaban J connectivity index is 1.87. The van der Waals surface area contributed by atoms with Crippen molar-refractivity contribution in [2.45, 2.75) is 18.9 Å². The Labute approximate surface area is 107 Å². The van der Waals surface area contributed by atoms with Crippen LogP contribution in [0.5, 0.6) is 11.6 Å². The quantitative estimate of drug-likeness (QED) is 0.893. The molecule has 0 spiro atoms. The van der Waals surface area contributed by atoms with Crippen LogP contribution in [0.2, 0.25) is 0 Å². The molecule has 1 saturated heterocycles. The molecule has 1 N–H and O–H groups in total. The summed E-state index contributed by atoms with van der Waals surface area (Å²) in [6, 6.07) is 14.2. The second-order valence-corrected chi connectivity index (χ2v) is 4.46. The first-order chi connectivity index (χ1) is 8.93. The second-order valence-electron chi connectivity index (χ2n) is 4.46. The number of para-hydroxylation sites is 1. The van der Waals surface area contributed by atoms with Crippen LogP contribution in [-0.4, -0.2) is 11.5 Å². The van der Waals surface area contributed by atoms with Gasteiger partial charge in [0.05, 0.1) is 0 Å². The fraction of sp³-hybridized carbons (Fsp3) is 0.267. The molecule has 0 saturated carbocycles. The molecule has 1 aliphatic heterocycles. The van der Waals surface area contributed by atoms with E-state index in [0.717, 1.165) is 24.3 Å². The van der Waals surface area contributed by atoms with Crippen LogP contribution in [-0.2, 0) is 0 Å². The Morgan fingerprint density at radius 2 is 2.00 bits per heavy atom. The molecule has 1 aliphatic rings. The fourth-order valence-electron chi connectivity index (χ4n) is 2.30. The van der Waals surface area contributed by atoms with Crippen molar-refractivity contribution in [2.24, 2.45) is 0 Å². The molecule has 1 aromatic heterocycles. The third-order valence-electron chi connectivity index (χ3n) is 3.19. The number of rotatable bonds is 3. The highest BCUT2D eigenvalue weighted by atomic mass is 16.5. The summed E-state index contributed by atoms with van der Waals surface area (Å²) in [6.07, 6.45) is 4.14. The van der Waals surface area contributed by atoms with Gasteiger partial charge in [-0.2, -0.15) is 0 Å². The molecule has 0 radical (unpaired) electrons. The first-order valence-corrected chi connectivity index (χ1v) is 6.35. The molecule has 3 heteroatoms. The Kier molecular flexibility index (Phi) is 3.24. The SMILES string of the molecule is c1ccc(Oc2ncccc2[C@H]2CCCN2)cc1.